The zero-order chi connectivity index (χ0) is 21.8. The van der Waals surface area contributed by atoms with Crippen LogP contribution in [0.3, 0.4) is 0 Å². The second kappa shape index (κ2) is 13.1. The lowest BCUT2D eigenvalue weighted by Crippen LogP contribution is -2.10. The summed E-state index contributed by atoms with van der Waals surface area (Å²) in [6, 6.07) is 9.87. The normalized spacial score (nSPS) is 10.9. The standard InChI is InChI=1S/C26H34F2O2/c1-3-5-6-7-8-9-10-11-13-21-18-19-23(25(28)24(21)27)30-26(29)22-16-14-20(12-4-2)15-17-22/h14-19H,3-13H2,1-2H3. The maximum atomic E-state index is 14.4. The van der Waals surface area contributed by atoms with Crippen molar-refractivity contribution in [1.29, 1.82) is 0 Å². The molecule has 30 heavy (non-hydrogen) atoms. The summed E-state index contributed by atoms with van der Waals surface area (Å²) in [6.07, 6.45) is 11.6. The van der Waals surface area contributed by atoms with E-state index < -0.39 is 17.6 Å². The van der Waals surface area contributed by atoms with E-state index in [1.807, 2.05) is 12.1 Å². The van der Waals surface area contributed by atoms with E-state index in [2.05, 4.69) is 13.8 Å². The second-order valence-corrected chi connectivity index (χ2v) is 7.91. The van der Waals surface area contributed by atoms with Crippen molar-refractivity contribution in [3.05, 3.63) is 64.7 Å². The highest BCUT2D eigenvalue weighted by molar-refractivity contribution is 5.91. The molecule has 0 saturated carbocycles. The highest BCUT2D eigenvalue weighted by Crippen LogP contribution is 2.25. The Balaban J connectivity index is 1.85. The van der Waals surface area contributed by atoms with Crippen molar-refractivity contribution in [3.8, 4) is 5.75 Å². The third-order valence-electron chi connectivity index (χ3n) is 5.36. The van der Waals surface area contributed by atoms with Crippen LogP contribution in [-0.4, -0.2) is 5.97 Å². The monoisotopic (exact) mass is 416 g/mol. The van der Waals surface area contributed by atoms with E-state index in [0.29, 0.717) is 17.5 Å². The molecule has 2 nitrogen and oxygen atoms in total. The van der Waals surface area contributed by atoms with E-state index in [1.54, 1.807) is 12.1 Å². The number of aryl methyl sites for hydroxylation is 2. The largest absolute Gasteiger partial charge is 0.420 e. The summed E-state index contributed by atoms with van der Waals surface area (Å²) in [7, 11) is 0. The van der Waals surface area contributed by atoms with E-state index in [1.165, 1.54) is 44.2 Å². The van der Waals surface area contributed by atoms with Gasteiger partial charge < -0.3 is 4.74 Å². The van der Waals surface area contributed by atoms with Gasteiger partial charge in [0.15, 0.2) is 11.6 Å². The molecule has 0 aliphatic carbocycles. The van der Waals surface area contributed by atoms with Crippen molar-refractivity contribution in [2.45, 2.75) is 84.5 Å². The lowest BCUT2D eigenvalue weighted by Gasteiger charge is -2.10. The van der Waals surface area contributed by atoms with Gasteiger partial charge in [-0.1, -0.05) is 83.4 Å². The molecule has 0 aliphatic heterocycles. The van der Waals surface area contributed by atoms with Crippen LogP contribution in [0.4, 0.5) is 8.78 Å². The van der Waals surface area contributed by atoms with Gasteiger partial charge in [-0.3, -0.25) is 0 Å². The molecule has 2 aromatic carbocycles. The second-order valence-electron chi connectivity index (χ2n) is 7.91. The highest BCUT2D eigenvalue weighted by atomic mass is 19.2. The smallest absolute Gasteiger partial charge is 0.343 e. The summed E-state index contributed by atoms with van der Waals surface area (Å²) >= 11 is 0. The number of halogens is 2. The molecule has 2 rings (SSSR count). The van der Waals surface area contributed by atoms with Gasteiger partial charge in [0, 0.05) is 0 Å². The van der Waals surface area contributed by atoms with Crippen LogP contribution in [0.5, 0.6) is 5.75 Å². The number of carbonyl (C=O) groups excluding carboxylic acids is 1. The minimum atomic E-state index is -1.09. The van der Waals surface area contributed by atoms with Gasteiger partial charge in [-0.05, 0) is 48.6 Å². The van der Waals surface area contributed by atoms with Crippen molar-refractivity contribution in [3.63, 3.8) is 0 Å². The van der Waals surface area contributed by atoms with E-state index in [9.17, 15) is 13.6 Å². The Morgan fingerprint density at radius 2 is 1.37 bits per heavy atom. The van der Waals surface area contributed by atoms with Crippen molar-refractivity contribution < 1.29 is 18.3 Å². The molecule has 0 amide bonds. The molecular weight excluding hydrogens is 382 g/mol. The molecule has 0 bridgehead atoms. The van der Waals surface area contributed by atoms with Gasteiger partial charge >= 0.3 is 5.97 Å². The van der Waals surface area contributed by atoms with Gasteiger partial charge in [-0.25, -0.2) is 9.18 Å². The summed E-state index contributed by atoms with van der Waals surface area (Å²) in [5, 5.41) is 0. The van der Waals surface area contributed by atoms with Crippen molar-refractivity contribution in [1.82, 2.24) is 0 Å². The topological polar surface area (TPSA) is 26.3 Å². The van der Waals surface area contributed by atoms with Gasteiger partial charge in [0.1, 0.15) is 0 Å². The SMILES string of the molecule is CCCCCCCCCCc1ccc(OC(=O)c2ccc(CCC)cc2)c(F)c1F. The minimum absolute atomic E-state index is 0.317. The molecule has 0 saturated heterocycles. The molecule has 0 atom stereocenters. The fourth-order valence-corrected chi connectivity index (χ4v) is 3.55. The van der Waals surface area contributed by atoms with Gasteiger partial charge in [0.05, 0.1) is 5.56 Å². The van der Waals surface area contributed by atoms with Gasteiger partial charge in [0.2, 0.25) is 5.82 Å². The lowest BCUT2D eigenvalue weighted by atomic mass is 10.0. The van der Waals surface area contributed by atoms with Crippen LogP contribution >= 0.6 is 0 Å². The number of rotatable bonds is 13. The molecule has 164 valence electrons. The zero-order valence-electron chi connectivity index (χ0n) is 18.3. The molecule has 0 N–H and O–H groups in total. The number of unbranched alkanes of at least 4 members (excludes halogenated alkanes) is 7. The first-order valence-electron chi connectivity index (χ1n) is 11.3. The third kappa shape index (κ3) is 7.55. The lowest BCUT2D eigenvalue weighted by molar-refractivity contribution is 0.0726. The third-order valence-corrected chi connectivity index (χ3v) is 5.36. The van der Waals surface area contributed by atoms with Crippen LogP contribution in [0.25, 0.3) is 0 Å². The van der Waals surface area contributed by atoms with Gasteiger partial charge in [-0.15, -0.1) is 0 Å². The van der Waals surface area contributed by atoms with Crippen LogP contribution in [0.1, 0.15) is 93.1 Å². The van der Waals surface area contributed by atoms with Gasteiger partial charge in [-0.2, -0.15) is 4.39 Å². The van der Waals surface area contributed by atoms with E-state index in [-0.39, 0.29) is 5.75 Å². The van der Waals surface area contributed by atoms with E-state index >= 15 is 0 Å². The summed E-state index contributed by atoms with van der Waals surface area (Å²) in [5.41, 5.74) is 1.77. The first-order valence-corrected chi connectivity index (χ1v) is 11.3. The molecular formula is C26H34F2O2. The summed E-state index contributed by atoms with van der Waals surface area (Å²) < 4.78 is 33.9. The summed E-state index contributed by atoms with van der Waals surface area (Å²) in [5.74, 6) is -3.06. The van der Waals surface area contributed by atoms with Crippen LogP contribution < -0.4 is 4.74 Å². The average molecular weight is 417 g/mol. The quantitative estimate of drug-likeness (QED) is 0.189. The zero-order valence-corrected chi connectivity index (χ0v) is 18.3. The molecule has 0 radical (unpaired) electrons. The van der Waals surface area contributed by atoms with Crippen LogP contribution in [-0.2, 0) is 12.8 Å². The number of ether oxygens (including phenoxy) is 1. The molecule has 0 unspecified atom stereocenters. The highest BCUT2D eigenvalue weighted by Gasteiger charge is 2.18. The van der Waals surface area contributed by atoms with Crippen molar-refractivity contribution in [2.24, 2.45) is 0 Å². The molecule has 4 heteroatoms. The number of benzene rings is 2. The summed E-state index contributed by atoms with van der Waals surface area (Å²) in [4.78, 5) is 12.3. The molecule has 0 aromatic heterocycles. The first kappa shape index (κ1) is 24.0. The molecule has 2 aromatic rings. The summed E-state index contributed by atoms with van der Waals surface area (Å²) in [6.45, 7) is 4.28. The maximum absolute atomic E-state index is 14.4. The fourth-order valence-electron chi connectivity index (χ4n) is 3.55. The molecule has 0 fully saturated rings. The molecule has 0 spiro atoms. The Morgan fingerprint density at radius 3 is 2.00 bits per heavy atom. The Labute approximate surface area is 179 Å². The van der Waals surface area contributed by atoms with E-state index in [0.717, 1.165) is 37.7 Å². The van der Waals surface area contributed by atoms with Crippen LogP contribution in [0, 0.1) is 11.6 Å². The maximum Gasteiger partial charge on any atom is 0.343 e. The number of carbonyl (C=O) groups is 1. The number of hydrogen-bond acceptors (Lipinski definition) is 2. The fraction of sp³-hybridized carbons (Fsp3) is 0.500. The van der Waals surface area contributed by atoms with Crippen LogP contribution in [0.15, 0.2) is 36.4 Å². The van der Waals surface area contributed by atoms with E-state index in [4.69, 9.17) is 4.74 Å². The number of esters is 1. The first-order chi connectivity index (χ1) is 14.6. The van der Waals surface area contributed by atoms with Crippen molar-refractivity contribution >= 4 is 5.97 Å². The molecule has 0 aliphatic rings. The van der Waals surface area contributed by atoms with Crippen molar-refractivity contribution in [2.75, 3.05) is 0 Å². The average Bonchev–Trinajstić information content (AvgIpc) is 2.75. The predicted molar refractivity (Wildman–Crippen MR) is 118 cm³/mol. The minimum Gasteiger partial charge on any atom is -0.420 e. The molecule has 0 heterocycles. The van der Waals surface area contributed by atoms with Crippen LogP contribution in [0.2, 0.25) is 0 Å². The number of hydrogen-bond donors (Lipinski definition) is 0. The predicted octanol–water partition coefficient (Wildman–Crippen LogP) is 7.82. The Morgan fingerprint density at radius 1 is 0.733 bits per heavy atom. The Bertz CT molecular complexity index is 784. The Hall–Kier alpha value is -2.23. The Kier molecular flexibility index (Phi) is 10.5. The van der Waals surface area contributed by atoms with Gasteiger partial charge in [0.25, 0.3) is 0 Å².